The number of benzene rings is 3. The second-order valence-electron chi connectivity index (χ2n) is 5.69. The smallest absolute Gasteiger partial charge is 0.134 e. The highest BCUT2D eigenvalue weighted by molar-refractivity contribution is 6.17. The van der Waals surface area contributed by atoms with Gasteiger partial charge in [0.1, 0.15) is 5.75 Å². The van der Waals surface area contributed by atoms with Crippen LogP contribution in [0.4, 0.5) is 0 Å². The van der Waals surface area contributed by atoms with E-state index >= 15 is 0 Å². The van der Waals surface area contributed by atoms with Gasteiger partial charge in [-0.2, -0.15) is 0 Å². The van der Waals surface area contributed by atoms with Crippen molar-refractivity contribution in [1.82, 2.24) is 0 Å². The first-order chi connectivity index (χ1) is 11.6. The Labute approximate surface area is 141 Å². The van der Waals surface area contributed by atoms with E-state index in [2.05, 4.69) is 0 Å². The summed E-state index contributed by atoms with van der Waals surface area (Å²) >= 11 is 0. The summed E-state index contributed by atoms with van der Waals surface area (Å²) in [5.41, 5.74) is 3.75. The van der Waals surface area contributed by atoms with Crippen LogP contribution < -0.4 is 0 Å². The zero-order valence-electron chi connectivity index (χ0n) is 13.4. The molecule has 0 aromatic heterocycles. The van der Waals surface area contributed by atoms with Crippen LogP contribution in [0, 0.1) is 17.7 Å². The SMILES string of the molecule is Cc1cc(C(=N)c2ccccc2)c(O)c(C(=N)c2ccccc2)c1. The molecule has 0 radical (unpaired) electrons. The fourth-order valence-corrected chi connectivity index (χ4v) is 2.68. The summed E-state index contributed by atoms with van der Waals surface area (Å²) in [5.74, 6) is -0.0247. The maximum absolute atomic E-state index is 10.7. The van der Waals surface area contributed by atoms with Gasteiger partial charge in [-0.25, -0.2) is 0 Å². The number of aromatic hydroxyl groups is 1. The van der Waals surface area contributed by atoms with Gasteiger partial charge in [-0.3, -0.25) is 10.8 Å². The van der Waals surface area contributed by atoms with E-state index in [9.17, 15) is 5.11 Å². The summed E-state index contributed by atoms with van der Waals surface area (Å²) in [6, 6.07) is 22.2. The molecule has 118 valence electrons. The number of nitrogens with one attached hydrogen (secondary N) is 2. The van der Waals surface area contributed by atoms with Gasteiger partial charge in [0.15, 0.2) is 0 Å². The Morgan fingerprint density at radius 1 is 0.708 bits per heavy atom. The largest absolute Gasteiger partial charge is 0.507 e. The molecule has 0 spiro atoms. The minimum absolute atomic E-state index is 0.0247. The molecule has 0 heterocycles. The molecule has 0 aliphatic rings. The molecule has 0 unspecified atom stereocenters. The van der Waals surface area contributed by atoms with E-state index in [0.29, 0.717) is 11.1 Å². The van der Waals surface area contributed by atoms with Crippen molar-refractivity contribution in [1.29, 1.82) is 10.8 Å². The van der Waals surface area contributed by atoms with Crippen LogP contribution in [-0.2, 0) is 0 Å². The molecule has 24 heavy (non-hydrogen) atoms. The van der Waals surface area contributed by atoms with E-state index in [0.717, 1.165) is 16.7 Å². The fraction of sp³-hybridized carbons (Fsp3) is 0.0476. The van der Waals surface area contributed by atoms with Crippen LogP contribution in [0.5, 0.6) is 5.75 Å². The molecule has 3 nitrogen and oxygen atoms in total. The zero-order valence-corrected chi connectivity index (χ0v) is 13.4. The van der Waals surface area contributed by atoms with Crippen molar-refractivity contribution < 1.29 is 5.11 Å². The normalized spacial score (nSPS) is 10.4. The lowest BCUT2D eigenvalue weighted by Crippen LogP contribution is -2.08. The number of aryl methyl sites for hydroxylation is 1. The van der Waals surface area contributed by atoms with E-state index in [4.69, 9.17) is 10.8 Å². The zero-order chi connectivity index (χ0) is 17.1. The van der Waals surface area contributed by atoms with E-state index in [1.165, 1.54) is 0 Å². The summed E-state index contributed by atoms with van der Waals surface area (Å²) in [4.78, 5) is 0. The number of hydrogen-bond donors (Lipinski definition) is 3. The second kappa shape index (κ2) is 6.50. The van der Waals surface area contributed by atoms with Gasteiger partial charge in [-0.05, 0) is 24.6 Å². The van der Waals surface area contributed by atoms with Crippen LogP contribution in [0.15, 0.2) is 72.8 Å². The van der Waals surface area contributed by atoms with Crippen LogP contribution in [-0.4, -0.2) is 16.5 Å². The standard InChI is InChI=1S/C21H18N2O/c1-14-12-17(19(22)15-8-4-2-5-9-15)21(24)18(13-14)20(23)16-10-6-3-7-11-16/h2-13,22-24H,1H3. The van der Waals surface area contributed by atoms with E-state index in [-0.39, 0.29) is 17.2 Å². The number of hydrogen-bond acceptors (Lipinski definition) is 3. The van der Waals surface area contributed by atoms with Crippen molar-refractivity contribution in [2.45, 2.75) is 6.92 Å². The van der Waals surface area contributed by atoms with E-state index in [1.807, 2.05) is 67.6 Å². The number of rotatable bonds is 4. The van der Waals surface area contributed by atoms with Crippen LogP contribution in [0.25, 0.3) is 0 Å². The van der Waals surface area contributed by atoms with Gasteiger partial charge in [-0.1, -0.05) is 60.7 Å². The van der Waals surface area contributed by atoms with Crippen molar-refractivity contribution in [3.63, 3.8) is 0 Å². The highest BCUT2D eigenvalue weighted by atomic mass is 16.3. The van der Waals surface area contributed by atoms with Gasteiger partial charge in [0.05, 0.1) is 11.4 Å². The van der Waals surface area contributed by atoms with Gasteiger partial charge >= 0.3 is 0 Å². The first-order valence-electron chi connectivity index (χ1n) is 7.70. The van der Waals surface area contributed by atoms with Gasteiger partial charge in [0.25, 0.3) is 0 Å². The van der Waals surface area contributed by atoms with Crippen molar-refractivity contribution in [3.05, 3.63) is 101 Å². The highest BCUT2D eigenvalue weighted by Gasteiger charge is 2.17. The minimum Gasteiger partial charge on any atom is -0.507 e. The average molecular weight is 314 g/mol. The molecular formula is C21H18N2O. The summed E-state index contributed by atoms with van der Waals surface area (Å²) in [6.45, 7) is 1.91. The Morgan fingerprint density at radius 3 is 1.46 bits per heavy atom. The van der Waals surface area contributed by atoms with Crippen LogP contribution in [0.3, 0.4) is 0 Å². The maximum Gasteiger partial charge on any atom is 0.134 e. The van der Waals surface area contributed by atoms with Crippen molar-refractivity contribution in [3.8, 4) is 5.75 Å². The van der Waals surface area contributed by atoms with Gasteiger partial charge < -0.3 is 5.11 Å². The fourth-order valence-electron chi connectivity index (χ4n) is 2.68. The molecule has 0 aliphatic carbocycles. The molecule has 0 aliphatic heterocycles. The third-order valence-electron chi connectivity index (χ3n) is 3.92. The molecule has 0 bridgehead atoms. The number of phenols is 1. The molecule has 3 rings (SSSR count). The Bertz CT molecular complexity index is 827. The lowest BCUT2D eigenvalue weighted by atomic mass is 9.93. The predicted octanol–water partition coefficient (Wildman–Crippen LogP) is 4.53. The first kappa shape index (κ1) is 15.7. The van der Waals surface area contributed by atoms with Crippen molar-refractivity contribution in [2.24, 2.45) is 0 Å². The summed E-state index contributed by atoms with van der Waals surface area (Å²) in [6.07, 6.45) is 0. The highest BCUT2D eigenvalue weighted by Crippen LogP contribution is 2.28. The second-order valence-corrected chi connectivity index (χ2v) is 5.69. The molecule has 0 atom stereocenters. The molecular weight excluding hydrogens is 296 g/mol. The third kappa shape index (κ3) is 2.97. The maximum atomic E-state index is 10.7. The van der Waals surface area contributed by atoms with Crippen LogP contribution >= 0.6 is 0 Å². The van der Waals surface area contributed by atoms with E-state index < -0.39 is 0 Å². The summed E-state index contributed by atoms with van der Waals surface area (Å²) in [5, 5.41) is 27.5. The Balaban J connectivity index is 2.09. The Morgan fingerprint density at radius 2 is 1.08 bits per heavy atom. The summed E-state index contributed by atoms with van der Waals surface area (Å²) < 4.78 is 0. The topological polar surface area (TPSA) is 67.9 Å². The minimum atomic E-state index is -0.0247. The van der Waals surface area contributed by atoms with Crippen molar-refractivity contribution >= 4 is 11.4 Å². The van der Waals surface area contributed by atoms with E-state index in [1.54, 1.807) is 12.1 Å². The Hall–Kier alpha value is -3.20. The van der Waals surface area contributed by atoms with Crippen LogP contribution in [0.1, 0.15) is 27.8 Å². The molecule has 0 saturated carbocycles. The molecule has 3 heteroatoms. The molecule has 0 amide bonds. The molecule has 0 fully saturated rings. The monoisotopic (exact) mass is 314 g/mol. The lowest BCUT2D eigenvalue weighted by Gasteiger charge is -2.14. The Kier molecular flexibility index (Phi) is 4.25. The summed E-state index contributed by atoms with van der Waals surface area (Å²) in [7, 11) is 0. The molecule has 0 saturated heterocycles. The molecule has 3 aromatic carbocycles. The van der Waals surface area contributed by atoms with Crippen LogP contribution in [0.2, 0.25) is 0 Å². The van der Waals surface area contributed by atoms with Gasteiger partial charge in [-0.15, -0.1) is 0 Å². The van der Waals surface area contributed by atoms with Gasteiger partial charge in [0, 0.05) is 22.3 Å². The molecule has 3 aromatic rings. The first-order valence-corrected chi connectivity index (χ1v) is 7.70. The lowest BCUT2D eigenvalue weighted by molar-refractivity contribution is 0.473. The predicted molar refractivity (Wildman–Crippen MR) is 97.6 cm³/mol. The van der Waals surface area contributed by atoms with Gasteiger partial charge in [0.2, 0.25) is 0 Å². The average Bonchev–Trinajstić information content (AvgIpc) is 2.63. The quantitative estimate of drug-likeness (QED) is 0.608. The number of phenolic OH excluding ortho intramolecular Hbond substituents is 1. The van der Waals surface area contributed by atoms with Crippen molar-refractivity contribution in [2.75, 3.05) is 0 Å². The molecule has 3 N–H and O–H groups in total. The third-order valence-corrected chi connectivity index (χ3v) is 3.92.